The van der Waals surface area contributed by atoms with Crippen molar-refractivity contribution in [1.82, 2.24) is 4.90 Å². The summed E-state index contributed by atoms with van der Waals surface area (Å²) >= 11 is 0.715. The third-order valence-electron chi connectivity index (χ3n) is 2.11. The van der Waals surface area contributed by atoms with Gasteiger partial charge in [-0.25, -0.2) is 0 Å². The summed E-state index contributed by atoms with van der Waals surface area (Å²) in [7, 11) is 0. The minimum absolute atomic E-state index is 0.572. The fourth-order valence-electron chi connectivity index (χ4n) is 1.40. The Morgan fingerprint density at radius 2 is 2.40 bits per heavy atom. The van der Waals surface area contributed by atoms with Gasteiger partial charge >= 0.3 is 11.7 Å². The average Bonchev–Trinajstić information content (AvgIpc) is 1.78. The first-order valence-electron chi connectivity index (χ1n) is 3.76. The van der Waals surface area contributed by atoms with E-state index >= 15 is 0 Å². The molecule has 10 heavy (non-hydrogen) atoms. The molecule has 3 heteroatoms. The summed E-state index contributed by atoms with van der Waals surface area (Å²) in [5.41, 5.74) is 0. The second-order valence-electron chi connectivity index (χ2n) is 3.06. The molecule has 1 heterocycles. The molecule has 1 fully saturated rings. The molecule has 0 radical (unpaired) electrons. The first-order chi connectivity index (χ1) is 4.75. The molecular weight excluding hydrogens is 146 g/mol. The molecule has 0 aromatic heterocycles. The zero-order valence-corrected chi connectivity index (χ0v) is 7.36. The van der Waals surface area contributed by atoms with E-state index in [1.165, 1.54) is 13.0 Å². The molecule has 1 aliphatic heterocycles. The summed E-state index contributed by atoms with van der Waals surface area (Å²) in [6, 6.07) is 1.19. The summed E-state index contributed by atoms with van der Waals surface area (Å²) in [5, 5.41) is 0. The van der Waals surface area contributed by atoms with Crippen molar-refractivity contribution in [2.45, 2.75) is 32.4 Å². The Balaban J connectivity index is 2.28. The Bertz CT molecular complexity index is 127. The zero-order valence-electron chi connectivity index (χ0n) is 6.54. The van der Waals surface area contributed by atoms with Crippen LogP contribution in [-0.4, -0.2) is 29.3 Å². The lowest BCUT2D eigenvalue weighted by molar-refractivity contribution is 0.0720. The van der Waals surface area contributed by atoms with Crippen molar-refractivity contribution in [2.75, 3.05) is 12.3 Å². The normalized spacial score (nSPS) is 26.5. The summed E-state index contributed by atoms with van der Waals surface area (Å²) in [6.07, 6.45) is 1.22. The van der Waals surface area contributed by atoms with Gasteiger partial charge in [0.15, 0.2) is 0 Å². The Hall–Kier alpha value is -0.0200. The van der Waals surface area contributed by atoms with Crippen molar-refractivity contribution in [1.29, 1.82) is 0 Å². The summed E-state index contributed by atoms with van der Waals surface area (Å²) in [5.74, 6) is 0.762. The van der Waals surface area contributed by atoms with Crippen LogP contribution in [-0.2, 0) is 15.9 Å². The lowest BCUT2D eigenvalue weighted by Gasteiger charge is -2.40. The van der Waals surface area contributed by atoms with Crippen molar-refractivity contribution in [3.05, 3.63) is 0 Å². The molecule has 1 saturated heterocycles. The Morgan fingerprint density at radius 3 is 2.70 bits per heavy atom. The topological polar surface area (TPSA) is 20.3 Å². The van der Waals surface area contributed by atoms with E-state index in [2.05, 4.69) is 18.7 Å². The van der Waals surface area contributed by atoms with Gasteiger partial charge in [-0.1, -0.05) is 0 Å². The number of likely N-dealkylation sites (tertiary alicyclic amines) is 1. The van der Waals surface area contributed by atoms with Crippen molar-refractivity contribution in [3.63, 3.8) is 0 Å². The summed E-state index contributed by atoms with van der Waals surface area (Å²) < 4.78 is 10.2. The van der Waals surface area contributed by atoms with Crippen LogP contribution < -0.4 is 0 Å². The summed E-state index contributed by atoms with van der Waals surface area (Å²) in [4.78, 5) is 2.38. The van der Waals surface area contributed by atoms with Gasteiger partial charge in [0, 0.05) is 16.8 Å². The number of rotatable bonds is 3. The average molecular weight is 160 g/mol. The van der Waals surface area contributed by atoms with Crippen molar-refractivity contribution in [2.24, 2.45) is 0 Å². The minimum atomic E-state index is 0.572. The van der Waals surface area contributed by atoms with Gasteiger partial charge in [-0.15, -0.1) is 0 Å². The molecule has 1 aliphatic rings. The Morgan fingerprint density at radius 1 is 1.70 bits per heavy atom. The first kappa shape index (κ1) is 8.08. The van der Waals surface area contributed by atoms with E-state index in [9.17, 15) is 4.21 Å². The molecule has 0 amide bonds. The molecule has 0 aliphatic carbocycles. The van der Waals surface area contributed by atoms with Crippen LogP contribution in [0.4, 0.5) is 0 Å². The molecule has 58 valence electrons. The van der Waals surface area contributed by atoms with E-state index in [1.807, 2.05) is 0 Å². The quantitative estimate of drug-likeness (QED) is 0.572. The van der Waals surface area contributed by atoms with Crippen LogP contribution in [0.15, 0.2) is 0 Å². The highest BCUT2D eigenvalue weighted by Crippen LogP contribution is 2.19. The molecule has 0 spiro atoms. The summed E-state index contributed by atoms with van der Waals surface area (Å²) in [6.45, 7) is 5.55. The van der Waals surface area contributed by atoms with E-state index < -0.39 is 0 Å². The SMILES string of the molecule is CC(C)N1CCC1C[S+]=O. The van der Waals surface area contributed by atoms with Crippen molar-refractivity contribution >= 4 is 11.7 Å². The van der Waals surface area contributed by atoms with E-state index in [4.69, 9.17) is 0 Å². The molecule has 1 atom stereocenters. The van der Waals surface area contributed by atoms with Crippen molar-refractivity contribution in [3.8, 4) is 0 Å². The van der Waals surface area contributed by atoms with Crippen LogP contribution in [0.5, 0.6) is 0 Å². The fraction of sp³-hybridized carbons (Fsp3) is 1.00. The van der Waals surface area contributed by atoms with Crippen molar-refractivity contribution < 1.29 is 4.21 Å². The maximum absolute atomic E-state index is 10.2. The maximum atomic E-state index is 10.2. The van der Waals surface area contributed by atoms with Gasteiger partial charge in [-0.05, 0) is 20.3 Å². The van der Waals surface area contributed by atoms with E-state index in [1.54, 1.807) is 0 Å². The van der Waals surface area contributed by atoms with Crippen LogP contribution in [0.2, 0.25) is 0 Å². The molecule has 0 bridgehead atoms. The van der Waals surface area contributed by atoms with E-state index in [-0.39, 0.29) is 0 Å². The van der Waals surface area contributed by atoms with Gasteiger partial charge in [0.25, 0.3) is 0 Å². The second kappa shape index (κ2) is 3.39. The van der Waals surface area contributed by atoms with Crippen LogP contribution in [0, 0.1) is 0 Å². The van der Waals surface area contributed by atoms with Crippen LogP contribution in [0.25, 0.3) is 0 Å². The van der Waals surface area contributed by atoms with E-state index in [0.717, 1.165) is 5.75 Å². The molecule has 0 aromatic carbocycles. The predicted molar refractivity (Wildman–Crippen MR) is 43.2 cm³/mol. The Labute approximate surface area is 66.1 Å². The van der Waals surface area contributed by atoms with Gasteiger partial charge < -0.3 is 0 Å². The highest BCUT2D eigenvalue weighted by Gasteiger charge is 2.33. The molecule has 0 N–H and O–H groups in total. The molecule has 0 aromatic rings. The second-order valence-corrected chi connectivity index (χ2v) is 3.63. The third-order valence-corrected chi connectivity index (χ3v) is 2.63. The molecule has 1 rings (SSSR count). The van der Waals surface area contributed by atoms with Gasteiger partial charge in [0.05, 0.1) is 6.04 Å². The van der Waals surface area contributed by atoms with E-state index in [0.29, 0.717) is 23.8 Å². The van der Waals surface area contributed by atoms with Gasteiger partial charge in [0.1, 0.15) is 0 Å². The third kappa shape index (κ3) is 1.52. The number of nitrogens with zero attached hydrogens (tertiary/aromatic N) is 1. The first-order valence-corrected chi connectivity index (χ1v) is 4.67. The standard InChI is InChI=1S/C7H14NOS/c1-6(2)8-4-3-7(8)5-10-9/h6-7H,3-5H2,1-2H3/q+1. The van der Waals surface area contributed by atoms with Gasteiger partial charge in [0.2, 0.25) is 5.75 Å². The highest BCUT2D eigenvalue weighted by molar-refractivity contribution is 7.65. The van der Waals surface area contributed by atoms with Crippen LogP contribution in [0.1, 0.15) is 20.3 Å². The predicted octanol–water partition coefficient (Wildman–Crippen LogP) is 0.897. The van der Waals surface area contributed by atoms with Gasteiger partial charge in [-0.3, -0.25) is 4.90 Å². The lowest BCUT2D eigenvalue weighted by atomic mass is 10.0. The maximum Gasteiger partial charge on any atom is 0.460 e. The molecule has 0 saturated carbocycles. The van der Waals surface area contributed by atoms with Gasteiger partial charge in [-0.2, -0.15) is 0 Å². The highest BCUT2D eigenvalue weighted by atomic mass is 32.1. The largest absolute Gasteiger partial charge is 0.460 e. The lowest BCUT2D eigenvalue weighted by Crippen LogP contribution is -2.52. The Kier molecular flexibility index (Phi) is 2.74. The number of hydrogen-bond donors (Lipinski definition) is 0. The zero-order chi connectivity index (χ0) is 7.56. The minimum Gasteiger partial charge on any atom is -0.293 e. The van der Waals surface area contributed by atoms with Crippen LogP contribution >= 0.6 is 0 Å². The molecular formula is C7H14NOS+. The smallest absolute Gasteiger partial charge is 0.293 e. The van der Waals surface area contributed by atoms with Crippen LogP contribution in [0.3, 0.4) is 0 Å². The molecule has 1 unspecified atom stereocenters. The monoisotopic (exact) mass is 160 g/mol. The fourth-order valence-corrected chi connectivity index (χ4v) is 1.91. The molecule has 2 nitrogen and oxygen atoms in total. The number of hydrogen-bond acceptors (Lipinski definition) is 2.